The fraction of sp³-hybridized carbons (Fsp3) is 0.500. The van der Waals surface area contributed by atoms with E-state index in [1.54, 1.807) is 14.1 Å². The van der Waals surface area contributed by atoms with E-state index in [1.165, 1.54) is 18.3 Å². The minimum absolute atomic E-state index is 0.0713. The lowest BCUT2D eigenvalue weighted by molar-refractivity contribution is -0.383. The molecule has 0 radical (unpaired) electrons. The van der Waals surface area contributed by atoms with E-state index >= 15 is 0 Å². The first-order valence-corrected chi connectivity index (χ1v) is 5.58. The van der Waals surface area contributed by atoms with Gasteiger partial charge in [0, 0.05) is 34.1 Å². The Morgan fingerprint density at radius 1 is 1.42 bits per heavy atom. The molecular weight excluding hydrogens is 252 g/mol. The van der Waals surface area contributed by atoms with Gasteiger partial charge in [-0.1, -0.05) is 0 Å². The lowest BCUT2D eigenvalue weighted by atomic mass is 10.3. The minimum Gasteiger partial charge on any atom is -0.367 e. The van der Waals surface area contributed by atoms with Crippen LogP contribution in [0.25, 0.3) is 0 Å². The van der Waals surface area contributed by atoms with Crippen LogP contribution in [-0.4, -0.2) is 53.4 Å². The molecule has 1 aromatic heterocycles. The minimum atomic E-state index is -0.568. The molecule has 0 unspecified atom stereocenters. The molecule has 19 heavy (non-hydrogen) atoms. The molecule has 1 heterocycles. The number of amides is 1. The number of carbonyl (C=O) groups excluding carboxylic acids is 1. The smallest absolute Gasteiger partial charge is 0.353 e. The fourth-order valence-corrected chi connectivity index (χ4v) is 1.38. The molecule has 1 amide bonds. The standard InChI is InChI=1S/C10H16N6O3/c1-11-9-8(16(18)19)10(14-6-13-9)12-5-4-7(17)15(2)3/h6H,4-5H2,1-3H3,(H2,11,12,13,14). The molecule has 104 valence electrons. The summed E-state index contributed by atoms with van der Waals surface area (Å²) in [5, 5.41) is 16.4. The van der Waals surface area contributed by atoms with E-state index < -0.39 is 4.92 Å². The van der Waals surface area contributed by atoms with Crippen LogP contribution in [0.4, 0.5) is 17.3 Å². The highest BCUT2D eigenvalue weighted by atomic mass is 16.6. The quantitative estimate of drug-likeness (QED) is 0.564. The Kier molecular flexibility index (Phi) is 4.98. The van der Waals surface area contributed by atoms with Gasteiger partial charge in [0.05, 0.1) is 4.92 Å². The first-order chi connectivity index (χ1) is 8.97. The summed E-state index contributed by atoms with van der Waals surface area (Å²) in [5.74, 6) is 0.149. The predicted octanol–water partition coefficient (Wildman–Crippen LogP) is 0.317. The van der Waals surface area contributed by atoms with Crippen LogP contribution in [0.3, 0.4) is 0 Å². The third-order valence-electron chi connectivity index (χ3n) is 2.37. The maximum atomic E-state index is 11.4. The molecule has 0 aromatic carbocycles. The maximum Gasteiger partial charge on any atom is 0.353 e. The van der Waals surface area contributed by atoms with Crippen LogP contribution < -0.4 is 10.6 Å². The summed E-state index contributed by atoms with van der Waals surface area (Å²) in [6, 6.07) is 0. The number of hydrogen-bond donors (Lipinski definition) is 2. The zero-order chi connectivity index (χ0) is 14.4. The third-order valence-corrected chi connectivity index (χ3v) is 2.37. The molecule has 0 saturated heterocycles. The van der Waals surface area contributed by atoms with Gasteiger partial charge in [0.25, 0.3) is 0 Å². The van der Waals surface area contributed by atoms with Gasteiger partial charge in [0.15, 0.2) is 0 Å². The summed E-state index contributed by atoms with van der Waals surface area (Å²) < 4.78 is 0. The van der Waals surface area contributed by atoms with Crippen molar-refractivity contribution in [2.45, 2.75) is 6.42 Å². The fourth-order valence-electron chi connectivity index (χ4n) is 1.38. The van der Waals surface area contributed by atoms with E-state index in [9.17, 15) is 14.9 Å². The van der Waals surface area contributed by atoms with Crippen molar-refractivity contribution in [3.8, 4) is 0 Å². The molecular formula is C10H16N6O3. The summed E-state index contributed by atoms with van der Waals surface area (Å²) in [6.07, 6.45) is 1.44. The molecule has 1 aromatic rings. The second-order valence-electron chi connectivity index (χ2n) is 3.89. The van der Waals surface area contributed by atoms with Crippen molar-refractivity contribution in [2.24, 2.45) is 0 Å². The number of aromatic nitrogens is 2. The van der Waals surface area contributed by atoms with Gasteiger partial charge in [-0.05, 0) is 0 Å². The zero-order valence-corrected chi connectivity index (χ0v) is 11.0. The van der Waals surface area contributed by atoms with Crippen molar-refractivity contribution >= 4 is 23.2 Å². The molecule has 2 N–H and O–H groups in total. The van der Waals surface area contributed by atoms with Gasteiger partial charge in [-0.25, -0.2) is 9.97 Å². The molecule has 0 saturated carbocycles. The largest absolute Gasteiger partial charge is 0.367 e. The van der Waals surface area contributed by atoms with E-state index in [0.29, 0.717) is 0 Å². The number of anilines is 2. The number of nitrogens with zero attached hydrogens (tertiary/aromatic N) is 4. The Bertz CT molecular complexity index is 476. The SMILES string of the molecule is CNc1ncnc(NCCC(=O)N(C)C)c1[N+](=O)[O-]. The lowest BCUT2D eigenvalue weighted by Gasteiger charge is -2.11. The van der Waals surface area contributed by atoms with Crippen molar-refractivity contribution in [1.82, 2.24) is 14.9 Å². The van der Waals surface area contributed by atoms with E-state index in [-0.39, 0.29) is 36.2 Å². The Labute approximate surface area is 110 Å². The highest BCUT2D eigenvalue weighted by Crippen LogP contribution is 2.28. The summed E-state index contributed by atoms with van der Waals surface area (Å²) in [6.45, 7) is 0.262. The van der Waals surface area contributed by atoms with E-state index in [4.69, 9.17) is 0 Å². The molecule has 0 aliphatic heterocycles. The summed E-state index contributed by atoms with van der Waals surface area (Å²) in [7, 11) is 4.83. The Morgan fingerprint density at radius 2 is 2.05 bits per heavy atom. The monoisotopic (exact) mass is 268 g/mol. The Hall–Kier alpha value is -2.45. The highest BCUT2D eigenvalue weighted by molar-refractivity contribution is 5.76. The van der Waals surface area contributed by atoms with Crippen molar-refractivity contribution in [2.75, 3.05) is 38.3 Å². The maximum absolute atomic E-state index is 11.4. The predicted molar refractivity (Wildman–Crippen MR) is 70.0 cm³/mol. The molecule has 0 atom stereocenters. The average Bonchev–Trinajstić information content (AvgIpc) is 2.37. The number of rotatable bonds is 6. The van der Waals surface area contributed by atoms with Crippen LogP contribution in [0.15, 0.2) is 6.33 Å². The van der Waals surface area contributed by atoms with Crippen LogP contribution >= 0.6 is 0 Å². The molecule has 0 aliphatic rings. The Balaban J connectivity index is 2.78. The van der Waals surface area contributed by atoms with E-state index in [1.807, 2.05) is 0 Å². The van der Waals surface area contributed by atoms with Crippen LogP contribution in [0.1, 0.15) is 6.42 Å². The van der Waals surface area contributed by atoms with E-state index in [2.05, 4.69) is 20.6 Å². The van der Waals surface area contributed by atoms with E-state index in [0.717, 1.165) is 0 Å². The van der Waals surface area contributed by atoms with Gasteiger partial charge in [0.2, 0.25) is 17.5 Å². The van der Waals surface area contributed by atoms with Gasteiger partial charge in [-0.2, -0.15) is 0 Å². The van der Waals surface area contributed by atoms with Crippen LogP contribution in [0, 0.1) is 10.1 Å². The number of carbonyl (C=O) groups is 1. The second-order valence-corrected chi connectivity index (χ2v) is 3.89. The summed E-state index contributed by atoms with van der Waals surface area (Å²) >= 11 is 0. The van der Waals surface area contributed by atoms with Crippen molar-refractivity contribution in [1.29, 1.82) is 0 Å². The van der Waals surface area contributed by atoms with Crippen LogP contribution in [0.2, 0.25) is 0 Å². The van der Waals surface area contributed by atoms with Gasteiger partial charge in [0.1, 0.15) is 6.33 Å². The second kappa shape index (κ2) is 6.47. The van der Waals surface area contributed by atoms with Crippen molar-refractivity contribution < 1.29 is 9.72 Å². The molecule has 0 spiro atoms. The first-order valence-electron chi connectivity index (χ1n) is 5.58. The number of hydrogen-bond acceptors (Lipinski definition) is 7. The van der Waals surface area contributed by atoms with Crippen molar-refractivity contribution in [3.05, 3.63) is 16.4 Å². The molecule has 9 nitrogen and oxygen atoms in total. The number of nitro groups is 1. The molecule has 1 rings (SSSR count). The number of nitrogens with one attached hydrogen (secondary N) is 2. The molecule has 0 fully saturated rings. The third kappa shape index (κ3) is 3.76. The van der Waals surface area contributed by atoms with Crippen LogP contribution in [-0.2, 0) is 4.79 Å². The first kappa shape index (κ1) is 14.6. The van der Waals surface area contributed by atoms with Crippen molar-refractivity contribution in [3.63, 3.8) is 0 Å². The molecule has 0 aliphatic carbocycles. The van der Waals surface area contributed by atoms with Gasteiger partial charge in [-0.3, -0.25) is 14.9 Å². The normalized spacial score (nSPS) is 9.84. The van der Waals surface area contributed by atoms with Gasteiger partial charge < -0.3 is 15.5 Å². The van der Waals surface area contributed by atoms with Gasteiger partial charge >= 0.3 is 5.69 Å². The Morgan fingerprint density at radius 3 is 2.58 bits per heavy atom. The summed E-state index contributed by atoms with van der Waals surface area (Å²) in [5.41, 5.74) is -0.234. The highest BCUT2D eigenvalue weighted by Gasteiger charge is 2.21. The van der Waals surface area contributed by atoms with Gasteiger partial charge in [-0.15, -0.1) is 0 Å². The zero-order valence-electron chi connectivity index (χ0n) is 11.0. The van der Waals surface area contributed by atoms with Crippen LogP contribution in [0.5, 0.6) is 0 Å². The lowest BCUT2D eigenvalue weighted by Crippen LogP contribution is -2.24. The topological polar surface area (TPSA) is 113 Å². The average molecular weight is 268 g/mol. The molecule has 9 heteroatoms. The molecule has 0 bridgehead atoms. The summed E-state index contributed by atoms with van der Waals surface area (Å²) in [4.78, 5) is 30.8.